The average molecular weight is 289 g/mol. The van der Waals surface area contributed by atoms with E-state index in [1.54, 1.807) is 18.7 Å². The topological polar surface area (TPSA) is 49.4 Å². The summed E-state index contributed by atoms with van der Waals surface area (Å²) in [6.45, 7) is 4.22. The first-order valence-corrected chi connectivity index (χ1v) is 7.53. The van der Waals surface area contributed by atoms with E-state index in [9.17, 15) is 9.59 Å². The van der Waals surface area contributed by atoms with E-state index in [0.29, 0.717) is 5.92 Å². The van der Waals surface area contributed by atoms with E-state index >= 15 is 0 Å². The number of amides is 2. The predicted octanol–water partition coefficient (Wildman–Crippen LogP) is 2.16. The number of halogens is 1. The molecule has 0 spiro atoms. The Kier molecular flexibility index (Phi) is 6.11. The summed E-state index contributed by atoms with van der Waals surface area (Å²) in [7, 11) is 1.81. The molecule has 0 radical (unpaired) electrons. The van der Waals surface area contributed by atoms with Gasteiger partial charge in [-0.25, -0.2) is 0 Å². The van der Waals surface area contributed by atoms with Gasteiger partial charge in [0.2, 0.25) is 11.8 Å². The SMILES string of the molecule is CN(CC1CCCCC1)C(=O)C(C)(C)NC(=O)CCl. The van der Waals surface area contributed by atoms with Crippen molar-refractivity contribution in [3.63, 3.8) is 0 Å². The Morgan fingerprint density at radius 3 is 2.37 bits per heavy atom. The first kappa shape index (κ1) is 16.3. The third-order valence-corrected chi connectivity index (χ3v) is 3.95. The van der Waals surface area contributed by atoms with E-state index in [0.717, 1.165) is 6.54 Å². The highest BCUT2D eigenvalue weighted by molar-refractivity contribution is 6.27. The third kappa shape index (κ3) is 5.01. The van der Waals surface area contributed by atoms with Crippen molar-refractivity contribution in [2.75, 3.05) is 19.5 Å². The lowest BCUT2D eigenvalue weighted by atomic mass is 9.88. The summed E-state index contributed by atoms with van der Waals surface area (Å²) in [4.78, 5) is 25.4. The number of carbonyl (C=O) groups is 2. The molecule has 1 N–H and O–H groups in total. The molecule has 19 heavy (non-hydrogen) atoms. The van der Waals surface area contributed by atoms with Crippen molar-refractivity contribution in [1.29, 1.82) is 0 Å². The number of hydrogen-bond donors (Lipinski definition) is 1. The van der Waals surface area contributed by atoms with Gasteiger partial charge in [-0.15, -0.1) is 11.6 Å². The highest BCUT2D eigenvalue weighted by atomic mass is 35.5. The standard InChI is InChI=1S/C14H25ClN2O2/c1-14(2,16-12(18)9-15)13(19)17(3)10-11-7-5-4-6-8-11/h11H,4-10H2,1-3H3,(H,16,18). The van der Waals surface area contributed by atoms with Gasteiger partial charge in [0.25, 0.3) is 0 Å². The minimum absolute atomic E-state index is 0.0588. The molecule has 1 aliphatic rings. The Balaban J connectivity index is 2.51. The van der Waals surface area contributed by atoms with Gasteiger partial charge in [0, 0.05) is 13.6 Å². The first-order valence-electron chi connectivity index (χ1n) is 6.99. The van der Waals surface area contributed by atoms with Crippen molar-refractivity contribution in [2.45, 2.75) is 51.5 Å². The Labute approximate surface area is 120 Å². The lowest BCUT2D eigenvalue weighted by Gasteiger charge is -2.33. The van der Waals surface area contributed by atoms with Crippen LogP contribution in [-0.4, -0.2) is 41.7 Å². The van der Waals surface area contributed by atoms with Gasteiger partial charge in [0.05, 0.1) is 0 Å². The summed E-state index contributed by atoms with van der Waals surface area (Å²) in [6.07, 6.45) is 6.24. The molecule has 0 aliphatic heterocycles. The Hall–Kier alpha value is -0.770. The molecule has 0 unspecified atom stereocenters. The zero-order valence-electron chi connectivity index (χ0n) is 12.2. The van der Waals surface area contributed by atoms with Gasteiger partial charge in [0.1, 0.15) is 11.4 Å². The van der Waals surface area contributed by atoms with Crippen molar-refractivity contribution in [1.82, 2.24) is 10.2 Å². The fourth-order valence-corrected chi connectivity index (χ4v) is 2.82. The van der Waals surface area contributed by atoms with Gasteiger partial charge in [-0.1, -0.05) is 19.3 Å². The molecule has 4 nitrogen and oxygen atoms in total. The van der Waals surface area contributed by atoms with Crippen LogP contribution in [0.1, 0.15) is 46.0 Å². The summed E-state index contributed by atoms with van der Waals surface area (Å²) in [5, 5.41) is 2.66. The van der Waals surface area contributed by atoms with Crippen LogP contribution in [0.4, 0.5) is 0 Å². The summed E-state index contributed by atoms with van der Waals surface area (Å²) >= 11 is 5.46. The van der Waals surface area contributed by atoms with Crippen LogP contribution in [0.15, 0.2) is 0 Å². The van der Waals surface area contributed by atoms with E-state index in [1.165, 1.54) is 32.1 Å². The lowest BCUT2D eigenvalue weighted by molar-refractivity contribution is -0.139. The summed E-state index contributed by atoms with van der Waals surface area (Å²) in [6, 6.07) is 0. The summed E-state index contributed by atoms with van der Waals surface area (Å²) in [5.41, 5.74) is -0.893. The van der Waals surface area contributed by atoms with Crippen LogP contribution in [0, 0.1) is 5.92 Å². The molecule has 2 amide bonds. The largest absolute Gasteiger partial charge is 0.343 e. The molecule has 0 atom stereocenters. The number of likely N-dealkylation sites (N-methyl/N-ethyl adjacent to an activating group) is 1. The summed E-state index contributed by atoms with van der Waals surface area (Å²) in [5.74, 6) is 0.105. The molecule has 1 aliphatic carbocycles. The van der Waals surface area contributed by atoms with Gasteiger partial charge in [-0.3, -0.25) is 9.59 Å². The number of nitrogens with one attached hydrogen (secondary N) is 1. The molecular formula is C14H25ClN2O2. The van der Waals surface area contributed by atoms with Crippen LogP contribution in [0.25, 0.3) is 0 Å². The molecule has 1 fully saturated rings. The number of carbonyl (C=O) groups excluding carboxylic acids is 2. The smallest absolute Gasteiger partial charge is 0.247 e. The second kappa shape index (κ2) is 7.13. The predicted molar refractivity (Wildman–Crippen MR) is 77.2 cm³/mol. The zero-order chi connectivity index (χ0) is 14.5. The molecule has 1 rings (SSSR count). The molecule has 5 heteroatoms. The molecule has 0 saturated heterocycles. The second-order valence-electron chi connectivity index (χ2n) is 6.00. The minimum Gasteiger partial charge on any atom is -0.343 e. The van der Waals surface area contributed by atoms with Crippen LogP contribution in [0.5, 0.6) is 0 Å². The quantitative estimate of drug-likeness (QED) is 0.788. The molecule has 0 heterocycles. The molecule has 0 bridgehead atoms. The van der Waals surface area contributed by atoms with Crippen LogP contribution in [-0.2, 0) is 9.59 Å². The number of rotatable bonds is 5. The zero-order valence-corrected chi connectivity index (χ0v) is 12.9. The Morgan fingerprint density at radius 1 is 1.26 bits per heavy atom. The molecule has 0 aromatic rings. The number of nitrogens with zero attached hydrogens (tertiary/aromatic N) is 1. The van der Waals surface area contributed by atoms with E-state index in [1.807, 2.05) is 7.05 Å². The van der Waals surface area contributed by atoms with Crippen molar-refractivity contribution in [3.8, 4) is 0 Å². The Bertz CT molecular complexity index is 325. The van der Waals surface area contributed by atoms with E-state index in [-0.39, 0.29) is 17.7 Å². The second-order valence-corrected chi connectivity index (χ2v) is 6.26. The first-order chi connectivity index (χ1) is 8.86. The van der Waals surface area contributed by atoms with Crippen molar-refractivity contribution < 1.29 is 9.59 Å². The minimum atomic E-state index is -0.893. The van der Waals surface area contributed by atoms with Crippen molar-refractivity contribution in [3.05, 3.63) is 0 Å². The van der Waals surface area contributed by atoms with Gasteiger partial charge in [-0.2, -0.15) is 0 Å². The van der Waals surface area contributed by atoms with Crippen molar-refractivity contribution >= 4 is 23.4 Å². The fourth-order valence-electron chi connectivity index (χ4n) is 2.75. The molecule has 110 valence electrons. The van der Waals surface area contributed by atoms with Gasteiger partial charge >= 0.3 is 0 Å². The number of hydrogen-bond acceptors (Lipinski definition) is 2. The Morgan fingerprint density at radius 2 is 1.84 bits per heavy atom. The van der Waals surface area contributed by atoms with Gasteiger partial charge in [-0.05, 0) is 32.6 Å². The summed E-state index contributed by atoms with van der Waals surface area (Å²) < 4.78 is 0. The maximum atomic E-state index is 12.4. The van der Waals surface area contributed by atoms with E-state index in [4.69, 9.17) is 11.6 Å². The molecule has 0 aromatic carbocycles. The molecule has 1 saturated carbocycles. The van der Waals surface area contributed by atoms with Gasteiger partial charge < -0.3 is 10.2 Å². The number of alkyl halides is 1. The van der Waals surface area contributed by atoms with Crippen molar-refractivity contribution in [2.24, 2.45) is 5.92 Å². The lowest BCUT2D eigenvalue weighted by Crippen LogP contribution is -2.56. The van der Waals surface area contributed by atoms with Gasteiger partial charge in [0.15, 0.2) is 0 Å². The maximum Gasteiger partial charge on any atom is 0.247 e. The third-order valence-electron chi connectivity index (χ3n) is 3.71. The molecule has 0 aromatic heterocycles. The molecular weight excluding hydrogens is 264 g/mol. The average Bonchev–Trinajstić information content (AvgIpc) is 2.38. The normalized spacial score (nSPS) is 17.1. The van der Waals surface area contributed by atoms with Crippen LogP contribution >= 0.6 is 11.6 Å². The highest BCUT2D eigenvalue weighted by Gasteiger charge is 2.32. The van der Waals surface area contributed by atoms with E-state index < -0.39 is 5.54 Å². The highest BCUT2D eigenvalue weighted by Crippen LogP contribution is 2.24. The van der Waals surface area contributed by atoms with Crippen LogP contribution in [0.2, 0.25) is 0 Å². The van der Waals surface area contributed by atoms with Crippen LogP contribution < -0.4 is 5.32 Å². The van der Waals surface area contributed by atoms with E-state index in [2.05, 4.69) is 5.32 Å². The van der Waals surface area contributed by atoms with Crippen LogP contribution in [0.3, 0.4) is 0 Å². The monoisotopic (exact) mass is 288 g/mol. The maximum absolute atomic E-state index is 12.4. The fraction of sp³-hybridized carbons (Fsp3) is 0.857.